The molecule has 1 heterocycles. The van der Waals surface area contributed by atoms with Gasteiger partial charge in [-0.1, -0.05) is 6.07 Å². The lowest BCUT2D eigenvalue weighted by Gasteiger charge is -2.19. The molecule has 96 valence electrons. The van der Waals surface area contributed by atoms with Crippen molar-refractivity contribution in [2.24, 2.45) is 0 Å². The van der Waals surface area contributed by atoms with Gasteiger partial charge in [-0.25, -0.2) is 4.79 Å². The van der Waals surface area contributed by atoms with E-state index in [0.29, 0.717) is 21.2 Å². The number of benzene rings is 1. The molecule has 0 saturated heterocycles. The van der Waals surface area contributed by atoms with Gasteiger partial charge in [0.2, 0.25) is 0 Å². The maximum atomic E-state index is 12.0. The Morgan fingerprint density at radius 3 is 2.72 bits per heavy atom. The Bertz CT molecular complexity index is 614. The van der Waals surface area contributed by atoms with Gasteiger partial charge in [0.1, 0.15) is 10.2 Å². The minimum absolute atomic E-state index is 0.524. The highest BCUT2D eigenvalue weighted by Gasteiger charge is 2.22. The lowest BCUT2D eigenvalue weighted by atomic mass is 10.2. The first kappa shape index (κ1) is 12.9. The number of halogens is 1. The number of fused-ring (bicyclic) bond motifs is 1. The molecular weight excluding hydrogens is 298 g/mol. The molecular formula is C12H14BrN3O2. The van der Waals surface area contributed by atoms with Crippen molar-refractivity contribution in [3.05, 3.63) is 22.8 Å². The number of aromatic nitrogens is 2. The minimum atomic E-state index is -0.567. The molecule has 1 aromatic heterocycles. The third-order valence-corrected chi connectivity index (χ3v) is 2.82. The zero-order valence-electron chi connectivity index (χ0n) is 10.4. The Balaban J connectivity index is 2.53. The van der Waals surface area contributed by atoms with Gasteiger partial charge >= 0.3 is 6.09 Å². The normalized spacial score (nSPS) is 11.8. The number of nitrogen functional groups attached to an aromatic ring is 1. The average Bonchev–Trinajstić information content (AvgIpc) is 2.55. The minimum Gasteiger partial charge on any atom is -0.442 e. The molecule has 18 heavy (non-hydrogen) atoms. The quantitative estimate of drug-likeness (QED) is 0.759. The first-order chi connectivity index (χ1) is 8.29. The summed E-state index contributed by atoms with van der Waals surface area (Å²) in [5, 5.41) is 4.82. The number of hydrogen-bond acceptors (Lipinski definition) is 4. The summed E-state index contributed by atoms with van der Waals surface area (Å²) in [7, 11) is 0. The molecule has 0 saturated carbocycles. The second-order valence-corrected chi connectivity index (χ2v) is 5.68. The van der Waals surface area contributed by atoms with Gasteiger partial charge in [0.15, 0.2) is 0 Å². The van der Waals surface area contributed by atoms with Crippen LogP contribution in [0.25, 0.3) is 10.9 Å². The van der Waals surface area contributed by atoms with E-state index in [-0.39, 0.29) is 0 Å². The Hall–Kier alpha value is -1.56. The van der Waals surface area contributed by atoms with Crippen LogP contribution in [0.5, 0.6) is 0 Å². The number of nitrogens with two attached hydrogens (primary N) is 1. The summed E-state index contributed by atoms with van der Waals surface area (Å²) in [6.45, 7) is 5.42. The topological polar surface area (TPSA) is 70.1 Å². The van der Waals surface area contributed by atoms with Crippen molar-refractivity contribution in [2.75, 3.05) is 5.73 Å². The third-order valence-electron chi connectivity index (χ3n) is 2.26. The van der Waals surface area contributed by atoms with Crippen LogP contribution in [0.15, 0.2) is 22.8 Å². The Morgan fingerprint density at radius 1 is 1.44 bits per heavy atom. The van der Waals surface area contributed by atoms with Gasteiger partial charge in [-0.05, 0) is 48.8 Å². The van der Waals surface area contributed by atoms with Crippen LogP contribution >= 0.6 is 15.9 Å². The Kier molecular flexibility index (Phi) is 3.06. The Morgan fingerprint density at radius 2 is 2.11 bits per heavy atom. The van der Waals surface area contributed by atoms with Crippen LogP contribution < -0.4 is 5.73 Å². The predicted octanol–water partition coefficient (Wildman–Crippen LogP) is 3.16. The van der Waals surface area contributed by atoms with Crippen molar-refractivity contribution in [3.8, 4) is 0 Å². The van der Waals surface area contributed by atoms with Gasteiger partial charge < -0.3 is 10.5 Å². The molecule has 2 aromatic rings. The number of carbonyl (C=O) groups excluding carboxylic acids is 1. The first-order valence-electron chi connectivity index (χ1n) is 5.45. The molecule has 6 heteroatoms. The number of rotatable bonds is 0. The molecule has 0 amide bonds. The molecule has 2 N–H and O–H groups in total. The molecule has 0 atom stereocenters. The van der Waals surface area contributed by atoms with Crippen molar-refractivity contribution >= 4 is 38.6 Å². The number of anilines is 1. The van der Waals surface area contributed by atoms with Crippen LogP contribution in [0.3, 0.4) is 0 Å². The van der Waals surface area contributed by atoms with Gasteiger partial charge in [-0.15, -0.1) is 0 Å². The molecule has 0 bridgehead atoms. The monoisotopic (exact) mass is 311 g/mol. The molecule has 0 aliphatic rings. The van der Waals surface area contributed by atoms with Crippen LogP contribution in [0.1, 0.15) is 20.8 Å². The summed E-state index contributed by atoms with van der Waals surface area (Å²) < 4.78 is 7.02. The number of hydrogen-bond donors (Lipinski definition) is 1. The molecule has 0 aliphatic heterocycles. The van der Waals surface area contributed by atoms with E-state index in [0.717, 1.165) is 0 Å². The van der Waals surface area contributed by atoms with E-state index in [9.17, 15) is 4.79 Å². The highest BCUT2D eigenvalue weighted by molar-refractivity contribution is 9.10. The second kappa shape index (κ2) is 4.28. The van der Waals surface area contributed by atoms with Crippen LogP contribution in [0.2, 0.25) is 0 Å². The molecule has 0 fully saturated rings. The smallest absolute Gasteiger partial charge is 0.435 e. The zero-order chi connectivity index (χ0) is 13.5. The summed E-state index contributed by atoms with van der Waals surface area (Å²) in [6, 6.07) is 5.30. The summed E-state index contributed by atoms with van der Waals surface area (Å²) >= 11 is 3.30. The first-order valence-corrected chi connectivity index (χ1v) is 6.25. The van der Waals surface area contributed by atoms with Crippen LogP contribution in [0.4, 0.5) is 10.5 Å². The van der Waals surface area contributed by atoms with E-state index in [2.05, 4.69) is 21.0 Å². The zero-order valence-corrected chi connectivity index (χ0v) is 12.0. The lowest BCUT2D eigenvalue weighted by molar-refractivity contribution is 0.0522. The lowest BCUT2D eigenvalue weighted by Crippen LogP contribution is -2.27. The highest BCUT2D eigenvalue weighted by atomic mass is 79.9. The van der Waals surface area contributed by atoms with Crippen molar-refractivity contribution in [3.63, 3.8) is 0 Å². The van der Waals surface area contributed by atoms with E-state index < -0.39 is 11.7 Å². The van der Waals surface area contributed by atoms with Crippen molar-refractivity contribution in [1.82, 2.24) is 9.78 Å². The third kappa shape index (κ3) is 2.33. The number of ether oxygens (including phenoxy) is 1. The van der Waals surface area contributed by atoms with Crippen LogP contribution in [0, 0.1) is 0 Å². The van der Waals surface area contributed by atoms with Crippen molar-refractivity contribution in [2.45, 2.75) is 26.4 Å². The number of nitrogens with zero attached hydrogens (tertiary/aromatic N) is 2. The fourth-order valence-electron chi connectivity index (χ4n) is 1.59. The summed E-state index contributed by atoms with van der Waals surface area (Å²) in [4.78, 5) is 12.0. The Labute approximate surface area is 113 Å². The van der Waals surface area contributed by atoms with Gasteiger partial charge in [-0.3, -0.25) is 0 Å². The summed E-state index contributed by atoms with van der Waals surface area (Å²) in [5.74, 6) is 0. The molecule has 1 aromatic carbocycles. The SMILES string of the molecule is CC(C)(C)OC(=O)n1nc(Br)c2c(N)cccc21. The van der Waals surface area contributed by atoms with Crippen molar-refractivity contribution in [1.29, 1.82) is 0 Å². The molecule has 0 aliphatic carbocycles. The fourth-order valence-corrected chi connectivity index (χ4v) is 2.19. The van der Waals surface area contributed by atoms with E-state index in [1.165, 1.54) is 4.68 Å². The van der Waals surface area contributed by atoms with Gasteiger partial charge in [-0.2, -0.15) is 9.78 Å². The fraction of sp³-hybridized carbons (Fsp3) is 0.333. The van der Waals surface area contributed by atoms with E-state index in [1.807, 2.05) is 0 Å². The van der Waals surface area contributed by atoms with Crippen LogP contribution in [-0.4, -0.2) is 21.5 Å². The molecule has 5 nitrogen and oxygen atoms in total. The largest absolute Gasteiger partial charge is 0.442 e. The van der Waals surface area contributed by atoms with Crippen LogP contribution in [-0.2, 0) is 4.74 Å². The van der Waals surface area contributed by atoms with E-state index >= 15 is 0 Å². The van der Waals surface area contributed by atoms with Gasteiger partial charge in [0.05, 0.1) is 10.9 Å². The average molecular weight is 312 g/mol. The van der Waals surface area contributed by atoms with E-state index in [4.69, 9.17) is 10.5 Å². The molecule has 0 unspecified atom stereocenters. The maximum absolute atomic E-state index is 12.0. The highest BCUT2D eigenvalue weighted by Crippen LogP contribution is 2.28. The van der Waals surface area contributed by atoms with E-state index in [1.54, 1.807) is 39.0 Å². The van der Waals surface area contributed by atoms with Gasteiger partial charge in [0, 0.05) is 5.69 Å². The molecule has 0 radical (unpaired) electrons. The second-order valence-electron chi connectivity index (χ2n) is 4.92. The molecule has 0 spiro atoms. The predicted molar refractivity (Wildman–Crippen MR) is 73.5 cm³/mol. The number of carbonyl (C=O) groups is 1. The molecule has 2 rings (SSSR count). The summed E-state index contributed by atoms with van der Waals surface area (Å²) in [5.41, 5.74) is 6.48. The summed E-state index contributed by atoms with van der Waals surface area (Å²) in [6.07, 6.45) is -0.524. The standard InChI is InChI=1S/C12H14BrN3O2/c1-12(2,3)18-11(17)16-8-6-4-5-7(14)9(8)10(13)15-16/h4-6H,14H2,1-3H3. The van der Waals surface area contributed by atoms with Crippen molar-refractivity contribution < 1.29 is 9.53 Å². The maximum Gasteiger partial charge on any atom is 0.435 e. The van der Waals surface area contributed by atoms with Gasteiger partial charge in [0.25, 0.3) is 0 Å².